The summed E-state index contributed by atoms with van der Waals surface area (Å²) >= 11 is 0. The number of anilines is 1. The highest BCUT2D eigenvalue weighted by atomic mass is 16.2. The molecule has 0 bridgehead atoms. The molecule has 4 amide bonds. The van der Waals surface area contributed by atoms with Crippen LogP contribution in [0.1, 0.15) is 12.5 Å². The summed E-state index contributed by atoms with van der Waals surface area (Å²) in [6.07, 6.45) is 11.3. The zero-order valence-electron chi connectivity index (χ0n) is 12.1. The third-order valence-corrected chi connectivity index (χ3v) is 3.64. The van der Waals surface area contributed by atoms with Crippen LogP contribution in [0.5, 0.6) is 0 Å². The smallest absolute Gasteiger partial charge is 0.280 e. The van der Waals surface area contributed by atoms with Gasteiger partial charge < -0.3 is 0 Å². The van der Waals surface area contributed by atoms with Gasteiger partial charge in [0.15, 0.2) is 0 Å². The van der Waals surface area contributed by atoms with E-state index in [2.05, 4.69) is 17.3 Å². The molecule has 1 aliphatic carbocycles. The fraction of sp³-hybridized carbons (Fsp3) is 0.125. The molecule has 0 saturated carbocycles. The Bertz CT molecular complexity index is 822. The maximum Gasteiger partial charge on any atom is 0.334 e. The number of urea groups is 1. The Morgan fingerprint density at radius 3 is 2.91 bits per heavy atom. The SMILES string of the molecule is O=CNC(=O)N(C=O)c1ccc2c(cnn2C2C=CC=CC2)c1. The van der Waals surface area contributed by atoms with E-state index in [-0.39, 0.29) is 12.5 Å². The first kappa shape index (κ1) is 14.7. The van der Waals surface area contributed by atoms with E-state index in [4.69, 9.17) is 0 Å². The minimum Gasteiger partial charge on any atom is -0.280 e. The average Bonchev–Trinajstić information content (AvgIpc) is 3.00. The number of nitrogens with zero attached hydrogens (tertiary/aromatic N) is 3. The number of carbonyl (C=O) groups excluding carboxylic acids is 3. The second kappa shape index (κ2) is 6.27. The monoisotopic (exact) mass is 310 g/mol. The minimum atomic E-state index is -0.804. The number of hydrogen-bond acceptors (Lipinski definition) is 4. The number of benzene rings is 1. The standard InChI is InChI=1S/C16H14N4O3/c21-10-17-16(23)19(11-22)14-6-7-15-12(8-14)9-18-20(15)13-4-2-1-3-5-13/h1-4,6-11,13H,5H2,(H,17,21,23). The maximum atomic E-state index is 11.7. The third kappa shape index (κ3) is 2.76. The fourth-order valence-corrected chi connectivity index (χ4v) is 2.55. The summed E-state index contributed by atoms with van der Waals surface area (Å²) in [5, 5.41) is 7.13. The van der Waals surface area contributed by atoms with Crippen molar-refractivity contribution in [3.05, 3.63) is 48.7 Å². The first-order chi connectivity index (χ1) is 11.2. The molecule has 7 nitrogen and oxygen atoms in total. The predicted molar refractivity (Wildman–Crippen MR) is 84.8 cm³/mol. The van der Waals surface area contributed by atoms with Crippen LogP contribution in [-0.2, 0) is 9.59 Å². The zero-order chi connectivity index (χ0) is 16.2. The van der Waals surface area contributed by atoms with Crippen LogP contribution in [0.15, 0.2) is 48.7 Å². The Hall–Kier alpha value is -3.22. The first-order valence-electron chi connectivity index (χ1n) is 7.04. The predicted octanol–water partition coefficient (Wildman–Crippen LogP) is 1.92. The van der Waals surface area contributed by atoms with Crippen molar-refractivity contribution in [2.45, 2.75) is 12.5 Å². The van der Waals surface area contributed by atoms with E-state index in [0.717, 1.165) is 22.2 Å². The molecule has 116 valence electrons. The summed E-state index contributed by atoms with van der Waals surface area (Å²) in [4.78, 5) is 34.0. The lowest BCUT2D eigenvalue weighted by Crippen LogP contribution is -2.38. The molecule has 1 atom stereocenters. The van der Waals surface area contributed by atoms with Crippen molar-refractivity contribution in [2.24, 2.45) is 0 Å². The molecular formula is C16H14N4O3. The van der Waals surface area contributed by atoms with E-state index in [1.807, 2.05) is 22.2 Å². The Morgan fingerprint density at radius 2 is 2.22 bits per heavy atom. The van der Waals surface area contributed by atoms with Crippen LogP contribution in [0.3, 0.4) is 0 Å². The van der Waals surface area contributed by atoms with Gasteiger partial charge in [0.1, 0.15) is 0 Å². The van der Waals surface area contributed by atoms with E-state index in [0.29, 0.717) is 12.1 Å². The number of allylic oxidation sites excluding steroid dienone is 4. The van der Waals surface area contributed by atoms with Crippen LogP contribution in [0, 0.1) is 0 Å². The lowest BCUT2D eigenvalue weighted by molar-refractivity contribution is -0.108. The molecule has 7 heteroatoms. The van der Waals surface area contributed by atoms with E-state index in [1.54, 1.807) is 24.4 Å². The quantitative estimate of drug-likeness (QED) is 0.874. The van der Waals surface area contributed by atoms with Gasteiger partial charge >= 0.3 is 6.03 Å². The number of carbonyl (C=O) groups is 3. The maximum absolute atomic E-state index is 11.7. The number of amides is 4. The molecule has 3 rings (SSSR count). The van der Waals surface area contributed by atoms with Crippen molar-refractivity contribution in [3.63, 3.8) is 0 Å². The summed E-state index contributed by atoms with van der Waals surface area (Å²) < 4.78 is 1.90. The second-order valence-corrected chi connectivity index (χ2v) is 4.99. The van der Waals surface area contributed by atoms with E-state index >= 15 is 0 Å². The summed E-state index contributed by atoms with van der Waals surface area (Å²) in [6.45, 7) is 0. The normalized spacial score (nSPS) is 16.3. The van der Waals surface area contributed by atoms with Crippen molar-refractivity contribution in [3.8, 4) is 0 Å². The Kier molecular flexibility index (Phi) is 4.01. The van der Waals surface area contributed by atoms with Crippen molar-refractivity contribution >= 4 is 35.4 Å². The lowest BCUT2D eigenvalue weighted by Gasteiger charge is -2.16. The van der Waals surface area contributed by atoms with Crippen LogP contribution in [0.4, 0.5) is 10.5 Å². The molecule has 2 aromatic rings. The van der Waals surface area contributed by atoms with Crippen LogP contribution < -0.4 is 10.2 Å². The Balaban J connectivity index is 1.95. The highest BCUT2D eigenvalue weighted by Crippen LogP contribution is 2.26. The van der Waals surface area contributed by atoms with Gasteiger partial charge in [-0.15, -0.1) is 0 Å². The zero-order valence-corrected chi connectivity index (χ0v) is 12.1. The molecule has 1 N–H and O–H groups in total. The molecule has 1 unspecified atom stereocenters. The van der Waals surface area contributed by atoms with Gasteiger partial charge in [0, 0.05) is 5.39 Å². The summed E-state index contributed by atoms with van der Waals surface area (Å²) in [7, 11) is 0. The van der Waals surface area contributed by atoms with Crippen LogP contribution in [-0.4, -0.2) is 28.6 Å². The van der Waals surface area contributed by atoms with Gasteiger partial charge in [-0.05, 0) is 24.6 Å². The lowest BCUT2D eigenvalue weighted by atomic mass is 10.1. The van der Waals surface area contributed by atoms with Crippen molar-refractivity contribution in [2.75, 3.05) is 4.90 Å². The number of rotatable bonds is 4. The van der Waals surface area contributed by atoms with E-state index in [1.165, 1.54) is 0 Å². The van der Waals surface area contributed by atoms with Gasteiger partial charge in [0.25, 0.3) is 0 Å². The minimum absolute atomic E-state index is 0.142. The van der Waals surface area contributed by atoms with Gasteiger partial charge in [-0.25, -0.2) is 9.69 Å². The van der Waals surface area contributed by atoms with Gasteiger partial charge in [-0.1, -0.05) is 24.3 Å². The van der Waals surface area contributed by atoms with Crippen molar-refractivity contribution in [1.82, 2.24) is 15.1 Å². The molecule has 0 saturated heterocycles. The van der Waals surface area contributed by atoms with Crippen molar-refractivity contribution in [1.29, 1.82) is 0 Å². The van der Waals surface area contributed by atoms with Crippen LogP contribution in [0.25, 0.3) is 10.9 Å². The fourth-order valence-electron chi connectivity index (χ4n) is 2.55. The number of nitrogens with one attached hydrogen (secondary N) is 1. The van der Waals surface area contributed by atoms with Crippen LogP contribution in [0.2, 0.25) is 0 Å². The molecule has 0 fully saturated rings. The number of imide groups is 2. The topological polar surface area (TPSA) is 84.3 Å². The molecule has 1 heterocycles. The molecule has 1 aromatic carbocycles. The van der Waals surface area contributed by atoms with Gasteiger partial charge in [-0.2, -0.15) is 5.10 Å². The molecule has 23 heavy (non-hydrogen) atoms. The second-order valence-electron chi connectivity index (χ2n) is 4.99. The highest BCUT2D eigenvalue weighted by Gasteiger charge is 2.17. The van der Waals surface area contributed by atoms with E-state index in [9.17, 15) is 14.4 Å². The highest BCUT2D eigenvalue weighted by molar-refractivity contribution is 6.09. The number of hydrogen-bond donors (Lipinski definition) is 1. The first-order valence-corrected chi connectivity index (χ1v) is 7.04. The summed E-state index contributed by atoms with van der Waals surface area (Å²) in [5.41, 5.74) is 1.27. The summed E-state index contributed by atoms with van der Waals surface area (Å²) in [5.74, 6) is 0. The Labute approximate surface area is 131 Å². The average molecular weight is 310 g/mol. The van der Waals surface area contributed by atoms with E-state index < -0.39 is 6.03 Å². The number of fused-ring (bicyclic) bond motifs is 1. The molecule has 0 spiro atoms. The van der Waals surface area contributed by atoms with Gasteiger partial charge in [0.05, 0.1) is 23.4 Å². The van der Waals surface area contributed by atoms with Crippen molar-refractivity contribution < 1.29 is 14.4 Å². The Morgan fingerprint density at radius 1 is 1.35 bits per heavy atom. The van der Waals surface area contributed by atoms with Gasteiger partial charge in [-0.3, -0.25) is 19.6 Å². The molecule has 0 aliphatic heterocycles. The summed E-state index contributed by atoms with van der Waals surface area (Å²) in [6, 6.07) is 4.46. The molecule has 1 aromatic heterocycles. The largest absolute Gasteiger partial charge is 0.334 e. The number of aromatic nitrogens is 2. The molecule has 0 radical (unpaired) electrons. The molecular weight excluding hydrogens is 296 g/mol. The van der Waals surface area contributed by atoms with Gasteiger partial charge in [0.2, 0.25) is 12.8 Å². The third-order valence-electron chi connectivity index (χ3n) is 3.64. The molecule has 1 aliphatic rings. The van der Waals surface area contributed by atoms with Crippen LogP contribution >= 0.6 is 0 Å².